The summed E-state index contributed by atoms with van der Waals surface area (Å²) in [7, 11) is -4.39. The quantitative estimate of drug-likeness (QED) is 0.0272. The number of hydrogen-bond donors (Lipinski definition) is 2. The molecule has 0 bridgehead atoms. The molecule has 0 aromatic heterocycles. The van der Waals surface area contributed by atoms with E-state index in [0.717, 1.165) is 51.4 Å². The zero-order chi connectivity index (χ0) is 38.9. The predicted octanol–water partition coefficient (Wildman–Crippen LogP) is 11.7. The fourth-order valence-corrected chi connectivity index (χ4v) is 6.14. The van der Waals surface area contributed by atoms with Crippen LogP contribution in [0.5, 0.6) is 0 Å². The highest BCUT2D eigenvalue weighted by Crippen LogP contribution is 2.43. The first-order valence-electron chi connectivity index (χ1n) is 20.8. The van der Waals surface area contributed by atoms with Crippen LogP contribution in [0.25, 0.3) is 0 Å². The lowest BCUT2D eigenvalue weighted by Gasteiger charge is -2.19. The Balaban J connectivity index is 4.28. The summed E-state index contributed by atoms with van der Waals surface area (Å²) in [5.74, 6) is -0.897. The minimum atomic E-state index is -4.39. The van der Waals surface area contributed by atoms with E-state index in [4.69, 9.17) is 24.3 Å². The predicted molar refractivity (Wildman–Crippen MR) is 219 cm³/mol. The Labute approximate surface area is 323 Å². The number of carbonyl (C=O) groups excluding carboxylic acids is 2. The second-order valence-corrected chi connectivity index (χ2v) is 14.9. The molecule has 0 heterocycles. The van der Waals surface area contributed by atoms with E-state index in [-0.39, 0.29) is 32.6 Å². The van der Waals surface area contributed by atoms with Gasteiger partial charge < -0.3 is 20.1 Å². The van der Waals surface area contributed by atoms with Crippen LogP contribution in [0.1, 0.15) is 168 Å². The van der Waals surface area contributed by atoms with E-state index in [9.17, 15) is 19.0 Å². The molecule has 0 fully saturated rings. The van der Waals surface area contributed by atoms with Gasteiger partial charge in [-0.15, -0.1) is 0 Å². The summed E-state index contributed by atoms with van der Waals surface area (Å²) in [6.07, 6.45) is 45.4. The van der Waals surface area contributed by atoms with Crippen molar-refractivity contribution in [3.05, 3.63) is 60.8 Å². The number of unbranched alkanes of at least 4 members (excludes halogenated alkanes) is 15. The summed E-state index contributed by atoms with van der Waals surface area (Å²) >= 11 is 0. The fourth-order valence-electron chi connectivity index (χ4n) is 5.38. The summed E-state index contributed by atoms with van der Waals surface area (Å²) in [5, 5.41) is 0. The monoisotopic (exact) mass is 766 g/mol. The molecule has 53 heavy (non-hydrogen) atoms. The van der Waals surface area contributed by atoms with E-state index in [1.54, 1.807) is 0 Å². The molecule has 2 atom stereocenters. The van der Waals surface area contributed by atoms with Crippen molar-refractivity contribution in [2.45, 2.75) is 174 Å². The number of rotatable bonds is 38. The van der Waals surface area contributed by atoms with Gasteiger partial charge in [0.05, 0.1) is 13.2 Å². The Kier molecular flexibility index (Phi) is 37.7. The van der Waals surface area contributed by atoms with Gasteiger partial charge in [-0.05, 0) is 51.4 Å². The normalized spacial score (nSPS) is 14.0. The van der Waals surface area contributed by atoms with Crippen LogP contribution in [0.15, 0.2) is 60.8 Å². The second-order valence-electron chi connectivity index (χ2n) is 13.5. The van der Waals surface area contributed by atoms with E-state index in [1.807, 2.05) is 6.08 Å². The number of phosphoric ester groups is 1. The van der Waals surface area contributed by atoms with Crippen LogP contribution in [0.4, 0.5) is 0 Å². The van der Waals surface area contributed by atoms with Crippen LogP contribution in [0.3, 0.4) is 0 Å². The molecule has 0 saturated heterocycles. The third-order valence-electron chi connectivity index (χ3n) is 8.42. The van der Waals surface area contributed by atoms with Crippen molar-refractivity contribution in [1.82, 2.24) is 0 Å². The Bertz CT molecular complexity index is 1050. The third-order valence-corrected chi connectivity index (χ3v) is 9.40. The maximum atomic E-state index is 12.5. The van der Waals surface area contributed by atoms with E-state index in [1.165, 1.54) is 77.0 Å². The van der Waals surface area contributed by atoms with E-state index in [2.05, 4.69) is 68.5 Å². The molecular weight excluding hydrogens is 689 g/mol. The third kappa shape index (κ3) is 39.2. The van der Waals surface area contributed by atoms with Gasteiger partial charge in [-0.2, -0.15) is 0 Å². The van der Waals surface area contributed by atoms with Gasteiger partial charge >= 0.3 is 19.8 Å². The number of allylic oxidation sites excluding steroid dienone is 10. The van der Waals surface area contributed by atoms with Crippen molar-refractivity contribution in [2.24, 2.45) is 5.73 Å². The molecule has 9 nitrogen and oxygen atoms in total. The van der Waals surface area contributed by atoms with Gasteiger partial charge in [-0.3, -0.25) is 18.6 Å². The molecule has 2 unspecified atom stereocenters. The van der Waals surface area contributed by atoms with Gasteiger partial charge in [0, 0.05) is 19.4 Å². The van der Waals surface area contributed by atoms with Crippen molar-refractivity contribution in [3.8, 4) is 0 Å². The largest absolute Gasteiger partial charge is 0.472 e. The van der Waals surface area contributed by atoms with Gasteiger partial charge in [0.2, 0.25) is 0 Å². The molecule has 0 radical (unpaired) electrons. The molecule has 0 spiro atoms. The Morgan fingerprint density at radius 1 is 0.585 bits per heavy atom. The molecule has 3 N–H and O–H groups in total. The zero-order valence-corrected chi connectivity index (χ0v) is 34.4. The average Bonchev–Trinajstić information content (AvgIpc) is 3.14. The van der Waals surface area contributed by atoms with Crippen LogP contribution < -0.4 is 5.73 Å². The first kappa shape index (κ1) is 50.7. The molecule has 0 rings (SSSR count). The summed E-state index contributed by atoms with van der Waals surface area (Å²) in [4.78, 5) is 34.8. The first-order chi connectivity index (χ1) is 25.8. The lowest BCUT2D eigenvalue weighted by Crippen LogP contribution is -2.29. The molecular formula is C43H76NO8P. The van der Waals surface area contributed by atoms with Gasteiger partial charge in [0.1, 0.15) is 6.61 Å². The van der Waals surface area contributed by atoms with Gasteiger partial charge in [-0.1, -0.05) is 164 Å². The van der Waals surface area contributed by atoms with Crippen LogP contribution in [-0.4, -0.2) is 49.3 Å². The molecule has 0 aromatic rings. The van der Waals surface area contributed by atoms with E-state index >= 15 is 0 Å². The Morgan fingerprint density at radius 3 is 1.53 bits per heavy atom. The summed E-state index contributed by atoms with van der Waals surface area (Å²) < 4.78 is 32.7. The first-order valence-corrected chi connectivity index (χ1v) is 22.3. The van der Waals surface area contributed by atoms with Crippen molar-refractivity contribution in [1.29, 1.82) is 0 Å². The number of nitrogens with two attached hydrogens (primary N) is 1. The second kappa shape index (κ2) is 39.4. The highest BCUT2D eigenvalue weighted by atomic mass is 31.2. The minimum Gasteiger partial charge on any atom is -0.462 e. The van der Waals surface area contributed by atoms with Crippen molar-refractivity contribution in [3.63, 3.8) is 0 Å². The minimum absolute atomic E-state index is 0.0428. The molecule has 0 aliphatic carbocycles. The van der Waals surface area contributed by atoms with Crippen LogP contribution in [-0.2, 0) is 32.7 Å². The summed E-state index contributed by atoms with van der Waals surface area (Å²) in [6.45, 7) is 3.55. The maximum Gasteiger partial charge on any atom is 0.472 e. The Morgan fingerprint density at radius 2 is 1.04 bits per heavy atom. The smallest absolute Gasteiger partial charge is 0.462 e. The van der Waals surface area contributed by atoms with Crippen LogP contribution in [0.2, 0.25) is 0 Å². The number of hydrogen-bond acceptors (Lipinski definition) is 8. The molecule has 0 saturated carbocycles. The number of esters is 2. The lowest BCUT2D eigenvalue weighted by atomic mass is 10.0. The summed E-state index contributed by atoms with van der Waals surface area (Å²) in [5.41, 5.74) is 5.34. The van der Waals surface area contributed by atoms with Gasteiger partial charge in [-0.25, -0.2) is 4.57 Å². The molecule has 10 heteroatoms. The number of ether oxygens (including phenoxy) is 2. The Hall–Kier alpha value is -2.29. The standard InChI is InChI=1S/C43H76NO8P/c1-3-5-7-9-11-13-15-17-19-20-22-24-26-28-30-32-34-36-43(46)52-41(40-51-53(47,48)50-38-37-44)39-49-42(45)35-33-31-29-27-25-23-21-18-16-14-12-10-8-6-4-2/h5,7,11,13,17,19,22,24,28,30,41H,3-4,6,8-10,12,14-16,18,20-21,23,25-27,29,31-40,44H2,1-2H3,(H,47,48). The zero-order valence-electron chi connectivity index (χ0n) is 33.5. The number of phosphoric acid groups is 1. The topological polar surface area (TPSA) is 134 Å². The maximum absolute atomic E-state index is 12.5. The molecule has 0 aliphatic rings. The van der Waals surface area contributed by atoms with Crippen LogP contribution in [0, 0.1) is 0 Å². The van der Waals surface area contributed by atoms with Gasteiger partial charge in [0.25, 0.3) is 0 Å². The van der Waals surface area contributed by atoms with Crippen molar-refractivity contribution in [2.75, 3.05) is 26.4 Å². The number of carbonyl (C=O) groups is 2. The van der Waals surface area contributed by atoms with Crippen molar-refractivity contribution >= 4 is 19.8 Å². The molecule has 0 aromatic carbocycles. The lowest BCUT2D eigenvalue weighted by molar-refractivity contribution is -0.161. The SMILES string of the molecule is CCC=CCC=CCC=CCC=CCC=CCCCC(=O)OC(COC(=O)CCCCCCCCCCCCCCCCC)COP(=O)(O)OCCN. The average molecular weight is 766 g/mol. The highest BCUT2D eigenvalue weighted by Gasteiger charge is 2.25. The van der Waals surface area contributed by atoms with E-state index < -0.39 is 32.5 Å². The van der Waals surface area contributed by atoms with Crippen molar-refractivity contribution < 1.29 is 37.6 Å². The van der Waals surface area contributed by atoms with E-state index in [0.29, 0.717) is 12.8 Å². The fraction of sp³-hybridized carbons (Fsp3) is 0.721. The highest BCUT2D eigenvalue weighted by molar-refractivity contribution is 7.47. The summed E-state index contributed by atoms with van der Waals surface area (Å²) in [6, 6.07) is 0. The van der Waals surface area contributed by atoms with Gasteiger partial charge in [0.15, 0.2) is 6.10 Å². The molecule has 0 amide bonds. The molecule has 306 valence electrons. The van der Waals surface area contributed by atoms with Crippen LogP contribution >= 0.6 is 7.82 Å². The molecule has 0 aliphatic heterocycles.